The maximum absolute atomic E-state index is 6.01. The summed E-state index contributed by atoms with van der Waals surface area (Å²) in [5, 5.41) is 0. The number of hydrogen-bond donors (Lipinski definition) is 0. The van der Waals surface area contributed by atoms with Crippen LogP contribution in [0.15, 0.2) is 18.2 Å². The summed E-state index contributed by atoms with van der Waals surface area (Å²) in [4.78, 5) is 2.16. The Kier molecular flexibility index (Phi) is 3.07. The molecular weight excluding hydrogens is 210 g/mol. The smallest absolute Gasteiger partial charge is 0.143 e. The summed E-state index contributed by atoms with van der Waals surface area (Å²) in [5.41, 5.74) is 2.72. The van der Waals surface area contributed by atoms with Gasteiger partial charge in [0.15, 0.2) is 0 Å². The second-order valence-corrected chi connectivity index (χ2v) is 6.11. The number of anilines is 1. The van der Waals surface area contributed by atoms with E-state index in [-0.39, 0.29) is 5.41 Å². The van der Waals surface area contributed by atoms with Crippen molar-refractivity contribution in [3.8, 4) is 5.75 Å². The first kappa shape index (κ1) is 12.3. The molecule has 17 heavy (non-hydrogen) atoms. The van der Waals surface area contributed by atoms with Crippen molar-refractivity contribution < 1.29 is 4.74 Å². The van der Waals surface area contributed by atoms with E-state index in [0.29, 0.717) is 6.10 Å². The SMILES string of the molecule is CN(C)c1c(OC2CC2)cccc1C(C)(C)C. The van der Waals surface area contributed by atoms with E-state index in [9.17, 15) is 0 Å². The Labute approximate surface area is 105 Å². The molecule has 0 N–H and O–H groups in total. The minimum absolute atomic E-state index is 0.141. The van der Waals surface area contributed by atoms with Crippen molar-refractivity contribution in [2.45, 2.75) is 45.1 Å². The number of rotatable bonds is 3. The molecule has 0 bridgehead atoms. The lowest BCUT2D eigenvalue weighted by molar-refractivity contribution is 0.303. The van der Waals surface area contributed by atoms with Crippen LogP contribution in [0.5, 0.6) is 5.75 Å². The molecule has 0 atom stereocenters. The van der Waals surface area contributed by atoms with Crippen LogP contribution < -0.4 is 9.64 Å². The van der Waals surface area contributed by atoms with Crippen LogP contribution in [-0.4, -0.2) is 20.2 Å². The molecule has 0 aliphatic heterocycles. The molecule has 1 fully saturated rings. The number of ether oxygens (including phenoxy) is 1. The van der Waals surface area contributed by atoms with E-state index in [2.05, 4.69) is 58.0 Å². The van der Waals surface area contributed by atoms with E-state index in [1.165, 1.54) is 24.1 Å². The molecule has 1 saturated carbocycles. The quantitative estimate of drug-likeness (QED) is 0.791. The molecular formula is C15H23NO. The summed E-state index contributed by atoms with van der Waals surface area (Å²) in [6, 6.07) is 6.39. The lowest BCUT2D eigenvalue weighted by Gasteiger charge is -2.28. The summed E-state index contributed by atoms with van der Waals surface area (Å²) in [7, 11) is 4.18. The van der Waals surface area contributed by atoms with Crippen molar-refractivity contribution in [2.75, 3.05) is 19.0 Å². The molecule has 1 aliphatic carbocycles. The van der Waals surface area contributed by atoms with Gasteiger partial charge in [-0.3, -0.25) is 0 Å². The van der Waals surface area contributed by atoms with Crippen molar-refractivity contribution in [3.63, 3.8) is 0 Å². The number of hydrogen-bond acceptors (Lipinski definition) is 2. The number of benzene rings is 1. The van der Waals surface area contributed by atoms with Crippen molar-refractivity contribution in [1.29, 1.82) is 0 Å². The lowest BCUT2D eigenvalue weighted by atomic mass is 9.85. The predicted molar refractivity (Wildman–Crippen MR) is 73.1 cm³/mol. The third-order valence-corrected chi connectivity index (χ3v) is 3.07. The highest BCUT2D eigenvalue weighted by atomic mass is 16.5. The molecule has 0 saturated heterocycles. The van der Waals surface area contributed by atoms with E-state index in [0.717, 1.165) is 5.75 Å². The lowest BCUT2D eigenvalue weighted by Crippen LogP contribution is -2.20. The van der Waals surface area contributed by atoms with Crippen LogP contribution in [-0.2, 0) is 5.41 Å². The van der Waals surface area contributed by atoms with Gasteiger partial charge in [0, 0.05) is 14.1 Å². The van der Waals surface area contributed by atoms with E-state index in [1.54, 1.807) is 0 Å². The van der Waals surface area contributed by atoms with Gasteiger partial charge in [-0.05, 0) is 29.9 Å². The Morgan fingerprint density at radius 1 is 1.18 bits per heavy atom. The van der Waals surface area contributed by atoms with Crippen molar-refractivity contribution in [2.24, 2.45) is 0 Å². The molecule has 0 unspecified atom stereocenters. The molecule has 1 aromatic rings. The summed E-state index contributed by atoms with van der Waals surface area (Å²) >= 11 is 0. The highest BCUT2D eigenvalue weighted by molar-refractivity contribution is 5.65. The van der Waals surface area contributed by atoms with Crippen molar-refractivity contribution >= 4 is 5.69 Å². The second kappa shape index (κ2) is 4.25. The Balaban J connectivity index is 2.44. The van der Waals surface area contributed by atoms with Gasteiger partial charge in [0.05, 0.1) is 11.8 Å². The van der Waals surface area contributed by atoms with Gasteiger partial charge in [-0.2, -0.15) is 0 Å². The summed E-state index contributed by atoms with van der Waals surface area (Å²) < 4.78 is 6.01. The molecule has 1 aromatic carbocycles. The average molecular weight is 233 g/mol. The molecule has 94 valence electrons. The minimum Gasteiger partial charge on any atom is -0.488 e. The topological polar surface area (TPSA) is 12.5 Å². The van der Waals surface area contributed by atoms with Crippen LogP contribution in [0, 0.1) is 0 Å². The van der Waals surface area contributed by atoms with E-state index in [1.807, 2.05) is 0 Å². The van der Waals surface area contributed by atoms with Gasteiger partial charge >= 0.3 is 0 Å². The van der Waals surface area contributed by atoms with Crippen LogP contribution in [0.2, 0.25) is 0 Å². The fourth-order valence-corrected chi connectivity index (χ4v) is 2.05. The summed E-state index contributed by atoms with van der Waals surface area (Å²) in [6.45, 7) is 6.74. The molecule has 2 heteroatoms. The molecule has 1 aliphatic rings. The minimum atomic E-state index is 0.141. The van der Waals surface area contributed by atoms with Gasteiger partial charge in [-0.15, -0.1) is 0 Å². The predicted octanol–water partition coefficient (Wildman–Crippen LogP) is 3.59. The largest absolute Gasteiger partial charge is 0.488 e. The monoisotopic (exact) mass is 233 g/mol. The van der Waals surface area contributed by atoms with E-state index in [4.69, 9.17) is 4.74 Å². The Hall–Kier alpha value is -1.18. The molecule has 2 nitrogen and oxygen atoms in total. The maximum Gasteiger partial charge on any atom is 0.143 e. The van der Waals surface area contributed by atoms with Crippen LogP contribution in [0.3, 0.4) is 0 Å². The third-order valence-electron chi connectivity index (χ3n) is 3.07. The van der Waals surface area contributed by atoms with Crippen molar-refractivity contribution in [1.82, 2.24) is 0 Å². The zero-order valence-corrected chi connectivity index (χ0v) is 11.6. The third kappa shape index (κ3) is 2.74. The van der Waals surface area contributed by atoms with Crippen LogP contribution in [0.25, 0.3) is 0 Å². The van der Waals surface area contributed by atoms with Crippen LogP contribution in [0.4, 0.5) is 5.69 Å². The van der Waals surface area contributed by atoms with Crippen LogP contribution >= 0.6 is 0 Å². The fourth-order valence-electron chi connectivity index (χ4n) is 2.05. The molecule has 0 spiro atoms. The second-order valence-electron chi connectivity index (χ2n) is 6.11. The van der Waals surface area contributed by atoms with Crippen molar-refractivity contribution in [3.05, 3.63) is 23.8 Å². The fraction of sp³-hybridized carbons (Fsp3) is 0.600. The van der Waals surface area contributed by atoms with Gasteiger partial charge in [-0.1, -0.05) is 32.9 Å². The molecule has 2 rings (SSSR count). The highest BCUT2D eigenvalue weighted by Crippen LogP contribution is 2.40. The molecule has 0 aromatic heterocycles. The number of para-hydroxylation sites is 1. The van der Waals surface area contributed by atoms with Gasteiger partial charge in [0.1, 0.15) is 5.75 Å². The zero-order chi connectivity index (χ0) is 12.6. The number of nitrogens with zero attached hydrogens (tertiary/aromatic N) is 1. The first-order valence-corrected chi connectivity index (χ1v) is 6.37. The summed E-state index contributed by atoms with van der Waals surface area (Å²) in [6.07, 6.45) is 2.85. The van der Waals surface area contributed by atoms with Gasteiger partial charge in [-0.25, -0.2) is 0 Å². The van der Waals surface area contributed by atoms with E-state index < -0.39 is 0 Å². The highest BCUT2D eigenvalue weighted by Gasteiger charge is 2.27. The standard InChI is InChI=1S/C15H23NO/c1-15(2,3)12-7-6-8-13(14(12)16(4)5)17-11-9-10-11/h6-8,11H,9-10H2,1-5H3. The molecule has 0 heterocycles. The normalized spacial score (nSPS) is 15.8. The first-order chi connectivity index (χ1) is 7.89. The zero-order valence-electron chi connectivity index (χ0n) is 11.6. The van der Waals surface area contributed by atoms with E-state index >= 15 is 0 Å². The first-order valence-electron chi connectivity index (χ1n) is 6.37. The Morgan fingerprint density at radius 3 is 2.29 bits per heavy atom. The van der Waals surface area contributed by atoms with Gasteiger partial charge in [0.25, 0.3) is 0 Å². The Morgan fingerprint density at radius 2 is 1.82 bits per heavy atom. The average Bonchev–Trinajstić information content (AvgIpc) is 2.99. The maximum atomic E-state index is 6.01. The van der Waals surface area contributed by atoms with Crippen LogP contribution in [0.1, 0.15) is 39.2 Å². The Bertz CT molecular complexity index is 400. The van der Waals surface area contributed by atoms with Gasteiger partial charge in [0.2, 0.25) is 0 Å². The summed E-state index contributed by atoms with van der Waals surface area (Å²) in [5.74, 6) is 1.03. The molecule has 0 radical (unpaired) electrons. The van der Waals surface area contributed by atoms with Gasteiger partial charge < -0.3 is 9.64 Å². The molecule has 0 amide bonds.